The van der Waals surface area contributed by atoms with Gasteiger partial charge in [0.2, 0.25) is 0 Å². The lowest BCUT2D eigenvalue weighted by Crippen LogP contribution is -2.58. The van der Waals surface area contributed by atoms with Crippen molar-refractivity contribution < 1.29 is 4.79 Å². The largest absolute Gasteiger partial charge is 0.331 e. The maximum absolute atomic E-state index is 13.6. The molecule has 1 amide bonds. The number of piperazine rings is 2. The van der Waals surface area contributed by atoms with E-state index in [0.717, 1.165) is 63.8 Å². The summed E-state index contributed by atoms with van der Waals surface area (Å²) in [6.45, 7) is 20.5. The molecule has 2 atom stereocenters. The van der Waals surface area contributed by atoms with Gasteiger partial charge in [-0.15, -0.1) is 0 Å². The van der Waals surface area contributed by atoms with Crippen molar-refractivity contribution in [2.45, 2.75) is 66.2 Å². The lowest BCUT2D eigenvalue weighted by atomic mass is 10.0. The molecule has 0 aromatic heterocycles. The van der Waals surface area contributed by atoms with E-state index in [1.165, 1.54) is 29.7 Å². The number of aryl methyl sites for hydroxylation is 1. The molecule has 5 nitrogen and oxygen atoms in total. The highest BCUT2D eigenvalue weighted by molar-refractivity contribution is 5.95. The van der Waals surface area contributed by atoms with Gasteiger partial charge in [0, 0.05) is 70.0 Å². The van der Waals surface area contributed by atoms with Gasteiger partial charge in [0.25, 0.3) is 5.91 Å². The number of hydrogen-bond acceptors (Lipinski definition) is 4. The number of carbonyl (C=O) groups is 1. The summed E-state index contributed by atoms with van der Waals surface area (Å²) in [6.07, 6.45) is 1.28. The van der Waals surface area contributed by atoms with Gasteiger partial charge in [-0.1, -0.05) is 55.8 Å². The van der Waals surface area contributed by atoms with Crippen LogP contribution in [0.4, 0.5) is 0 Å². The van der Waals surface area contributed by atoms with Gasteiger partial charge < -0.3 is 9.80 Å². The van der Waals surface area contributed by atoms with Crippen LogP contribution in [0.15, 0.2) is 48.5 Å². The smallest absolute Gasteiger partial charge is 0.254 e. The third kappa shape index (κ3) is 7.18. The molecule has 2 unspecified atom stereocenters. The number of amides is 1. The van der Waals surface area contributed by atoms with E-state index in [1.54, 1.807) is 0 Å². The van der Waals surface area contributed by atoms with Crippen LogP contribution in [0.3, 0.4) is 0 Å². The van der Waals surface area contributed by atoms with Crippen LogP contribution in [0.25, 0.3) is 0 Å². The Kier molecular flexibility index (Phi) is 9.21. The van der Waals surface area contributed by atoms with E-state index in [1.807, 2.05) is 6.07 Å². The Bertz CT molecular complexity index is 968. The molecule has 0 saturated carbocycles. The molecular weight excluding hydrogens is 444 g/mol. The van der Waals surface area contributed by atoms with Crippen molar-refractivity contribution in [1.82, 2.24) is 19.6 Å². The first-order valence-electron chi connectivity index (χ1n) is 13.9. The van der Waals surface area contributed by atoms with Crippen LogP contribution in [0.1, 0.15) is 61.2 Å². The van der Waals surface area contributed by atoms with Crippen molar-refractivity contribution >= 4 is 5.91 Å². The van der Waals surface area contributed by atoms with E-state index in [4.69, 9.17) is 0 Å². The Balaban J connectivity index is 1.32. The first-order chi connectivity index (χ1) is 17.3. The van der Waals surface area contributed by atoms with Crippen molar-refractivity contribution in [1.29, 1.82) is 0 Å². The van der Waals surface area contributed by atoms with E-state index in [-0.39, 0.29) is 18.0 Å². The molecule has 2 fully saturated rings. The van der Waals surface area contributed by atoms with Crippen LogP contribution in [0.2, 0.25) is 0 Å². The van der Waals surface area contributed by atoms with Crippen LogP contribution in [0, 0.1) is 12.8 Å². The first-order valence-corrected chi connectivity index (χ1v) is 13.9. The number of benzene rings is 2. The Morgan fingerprint density at radius 2 is 1.44 bits per heavy atom. The summed E-state index contributed by atoms with van der Waals surface area (Å²) < 4.78 is 0. The molecule has 2 aliphatic rings. The Hall–Kier alpha value is -2.21. The maximum atomic E-state index is 13.6. The molecule has 36 heavy (non-hydrogen) atoms. The molecule has 2 saturated heterocycles. The van der Waals surface area contributed by atoms with Crippen LogP contribution in [-0.2, 0) is 13.1 Å². The molecule has 0 radical (unpaired) electrons. The van der Waals surface area contributed by atoms with Crippen LogP contribution in [-0.4, -0.2) is 83.4 Å². The fourth-order valence-corrected chi connectivity index (χ4v) is 5.74. The van der Waals surface area contributed by atoms with Gasteiger partial charge in [-0.25, -0.2) is 0 Å². The zero-order chi connectivity index (χ0) is 25.7. The average Bonchev–Trinajstić information content (AvgIpc) is 2.85. The Labute approximate surface area is 219 Å². The van der Waals surface area contributed by atoms with Crippen LogP contribution >= 0.6 is 0 Å². The predicted octanol–water partition coefficient (Wildman–Crippen LogP) is 4.89. The lowest BCUT2D eigenvalue weighted by molar-refractivity contribution is 0.0268. The number of hydrogen-bond donors (Lipinski definition) is 0. The molecule has 5 heteroatoms. The first kappa shape index (κ1) is 26.8. The zero-order valence-electron chi connectivity index (χ0n) is 23.1. The lowest BCUT2D eigenvalue weighted by Gasteiger charge is -2.44. The molecule has 196 valence electrons. The molecule has 0 bridgehead atoms. The Morgan fingerprint density at radius 3 is 2.08 bits per heavy atom. The molecule has 2 aliphatic heterocycles. The summed E-state index contributed by atoms with van der Waals surface area (Å²) in [7, 11) is 0. The van der Waals surface area contributed by atoms with E-state index in [2.05, 4.69) is 96.7 Å². The van der Waals surface area contributed by atoms with Crippen LogP contribution in [0.5, 0.6) is 0 Å². The summed E-state index contributed by atoms with van der Waals surface area (Å²) in [6, 6.07) is 17.5. The van der Waals surface area contributed by atoms with Crippen molar-refractivity contribution in [2.24, 2.45) is 5.92 Å². The summed E-state index contributed by atoms with van der Waals surface area (Å²) in [4.78, 5) is 23.3. The van der Waals surface area contributed by atoms with Gasteiger partial charge >= 0.3 is 0 Å². The third-order valence-electron chi connectivity index (χ3n) is 7.82. The molecule has 4 rings (SSSR count). The van der Waals surface area contributed by atoms with Crippen molar-refractivity contribution in [3.8, 4) is 0 Å². The monoisotopic (exact) mass is 490 g/mol. The van der Waals surface area contributed by atoms with E-state index < -0.39 is 0 Å². The summed E-state index contributed by atoms with van der Waals surface area (Å²) in [5, 5.41) is 0. The quantitative estimate of drug-likeness (QED) is 0.527. The fraction of sp³-hybridized carbons (Fsp3) is 0.581. The standard InChI is InChI=1S/C31H46N4O/c1-24(2)13-14-32-15-17-33(18-16-32)23-29-7-6-8-30(19-29)31(36)35-26(4)20-34(21-27(35)5)22-28-11-9-25(3)10-12-28/h6-12,19,24,26-27H,13-18,20-23H2,1-5H3. The molecule has 0 spiro atoms. The van der Waals surface area contributed by atoms with E-state index in [9.17, 15) is 4.79 Å². The molecule has 2 aromatic carbocycles. The highest BCUT2D eigenvalue weighted by atomic mass is 16.2. The highest BCUT2D eigenvalue weighted by Gasteiger charge is 2.33. The average molecular weight is 491 g/mol. The number of rotatable bonds is 8. The molecule has 0 aliphatic carbocycles. The normalized spacial score (nSPS) is 22.3. The minimum atomic E-state index is 0.172. The third-order valence-corrected chi connectivity index (χ3v) is 7.82. The topological polar surface area (TPSA) is 30.0 Å². The zero-order valence-corrected chi connectivity index (χ0v) is 23.1. The molecule has 2 heterocycles. The van der Waals surface area contributed by atoms with Crippen molar-refractivity contribution in [3.05, 3.63) is 70.8 Å². The molecule has 0 N–H and O–H groups in total. The van der Waals surface area contributed by atoms with Gasteiger partial charge in [0.05, 0.1) is 0 Å². The Morgan fingerprint density at radius 1 is 0.833 bits per heavy atom. The second kappa shape index (κ2) is 12.4. The highest BCUT2D eigenvalue weighted by Crippen LogP contribution is 2.22. The summed E-state index contributed by atoms with van der Waals surface area (Å²) in [5.74, 6) is 0.940. The van der Waals surface area contributed by atoms with Gasteiger partial charge in [0.15, 0.2) is 0 Å². The van der Waals surface area contributed by atoms with E-state index >= 15 is 0 Å². The molecular formula is C31H46N4O. The number of nitrogens with zero attached hydrogens (tertiary/aromatic N) is 4. The van der Waals surface area contributed by atoms with E-state index in [0.29, 0.717) is 0 Å². The van der Waals surface area contributed by atoms with Gasteiger partial charge in [-0.2, -0.15) is 0 Å². The summed E-state index contributed by atoms with van der Waals surface area (Å²) in [5.41, 5.74) is 4.71. The minimum absolute atomic E-state index is 0.172. The minimum Gasteiger partial charge on any atom is -0.331 e. The van der Waals surface area contributed by atoms with Gasteiger partial charge in [-0.05, 0) is 62.9 Å². The number of carbonyl (C=O) groups excluding carboxylic acids is 1. The SMILES string of the molecule is Cc1ccc(CN2CC(C)N(C(=O)c3cccc(CN4CCN(CCC(C)C)CC4)c3)C(C)C2)cc1. The fourth-order valence-electron chi connectivity index (χ4n) is 5.74. The summed E-state index contributed by atoms with van der Waals surface area (Å²) >= 11 is 0. The second-order valence-corrected chi connectivity index (χ2v) is 11.6. The van der Waals surface area contributed by atoms with Crippen molar-refractivity contribution in [3.63, 3.8) is 0 Å². The van der Waals surface area contributed by atoms with Crippen LogP contribution < -0.4 is 0 Å². The van der Waals surface area contributed by atoms with Gasteiger partial charge in [0.1, 0.15) is 0 Å². The molecule has 2 aromatic rings. The second-order valence-electron chi connectivity index (χ2n) is 11.6. The van der Waals surface area contributed by atoms with Crippen molar-refractivity contribution in [2.75, 3.05) is 45.8 Å². The van der Waals surface area contributed by atoms with Gasteiger partial charge in [-0.3, -0.25) is 14.6 Å². The maximum Gasteiger partial charge on any atom is 0.254 e. The predicted molar refractivity (Wildman–Crippen MR) is 149 cm³/mol.